The number of imide groups is 1. The van der Waals surface area contributed by atoms with Crippen molar-refractivity contribution in [1.29, 1.82) is 0 Å². The van der Waals surface area contributed by atoms with Gasteiger partial charge in [-0.2, -0.15) is 0 Å². The molecule has 0 unspecified atom stereocenters. The molecule has 7 nitrogen and oxygen atoms in total. The number of amides is 2. The van der Waals surface area contributed by atoms with Crippen molar-refractivity contribution in [3.05, 3.63) is 100 Å². The van der Waals surface area contributed by atoms with Crippen LogP contribution in [0.25, 0.3) is 0 Å². The summed E-state index contributed by atoms with van der Waals surface area (Å²) in [5, 5.41) is 1.10. The van der Waals surface area contributed by atoms with Gasteiger partial charge >= 0.3 is 5.97 Å². The summed E-state index contributed by atoms with van der Waals surface area (Å²) in [6.45, 7) is 0.470. The summed E-state index contributed by atoms with van der Waals surface area (Å²) in [7, 11) is 0. The molecule has 168 valence electrons. The molecule has 0 aromatic heterocycles. The van der Waals surface area contributed by atoms with Gasteiger partial charge in [0.15, 0.2) is 0 Å². The van der Waals surface area contributed by atoms with Crippen LogP contribution in [0.2, 0.25) is 5.02 Å². The minimum atomic E-state index is -0.514. The molecule has 3 aromatic rings. The van der Waals surface area contributed by atoms with Crippen LogP contribution in [-0.4, -0.2) is 36.1 Å². The largest absolute Gasteiger partial charge is 0.493 e. The molecule has 0 saturated carbocycles. The van der Waals surface area contributed by atoms with E-state index in [1.807, 2.05) is 30.3 Å². The number of benzene rings is 3. The van der Waals surface area contributed by atoms with Gasteiger partial charge in [0.1, 0.15) is 12.4 Å². The lowest BCUT2D eigenvalue weighted by atomic mass is 10.1. The molecule has 0 bridgehead atoms. The van der Waals surface area contributed by atoms with Crippen molar-refractivity contribution in [3.63, 3.8) is 0 Å². The van der Waals surface area contributed by atoms with Crippen LogP contribution in [0.3, 0.4) is 0 Å². The third-order valence-electron chi connectivity index (χ3n) is 4.85. The average molecular weight is 466 g/mol. The quantitative estimate of drug-likeness (QED) is 0.259. The van der Waals surface area contributed by atoms with E-state index in [0.29, 0.717) is 28.3 Å². The third-order valence-corrected chi connectivity index (χ3v) is 5.07. The zero-order valence-corrected chi connectivity index (χ0v) is 18.3. The minimum Gasteiger partial charge on any atom is -0.493 e. The highest BCUT2D eigenvalue weighted by atomic mass is 35.5. The van der Waals surface area contributed by atoms with Crippen molar-refractivity contribution in [2.24, 2.45) is 0 Å². The second-order valence-electron chi connectivity index (χ2n) is 7.22. The second-order valence-corrected chi connectivity index (χ2v) is 7.66. The first-order valence-electron chi connectivity index (χ1n) is 10.3. The Morgan fingerprint density at radius 3 is 2.21 bits per heavy atom. The molecule has 3 aromatic carbocycles. The Kier molecular flexibility index (Phi) is 7.02. The van der Waals surface area contributed by atoms with Gasteiger partial charge in [-0.3, -0.25) is 14.4 Å². The van der Waals surface area contributed by atoms with E-state index in [0.717, 1.165) is 10.6 Å². The summed E-state index contributed by atoms with van der Waals surface area (Å²) in [5.74, 6) is -1.08. The zero-order chi connectivity index (χ0) is 23.2. The predicted molar refractivity (Wildman–Crippen MR) is 120 cm³/mol. The van der Waals surface area contributed by atoms with E-state index in [1.165, 1.54) is 6.07 Å². The summed E-state index contributed by atoms with van der Waals surface area (Å²) >= 11 is 6.12. The van der Waals surface area contributed by atoms with Crippen LogP contribution in [0.15, 0.2) is 72.8 Å². The molecule has 0 N–H and O–H groups in total. The molecule has 1 heterocycles. The highest BCUT2D eigenvalue weighted by Crippen LogP contribution is 2.24. The van der Waals surface area contributed by atoms with Crippen molar-refractivity contribution in [3.8, 4) is 5.75 Å². The van der Waals surface area contributed by atoms with E-state index < -0.39 is 17.8 Å². The van der Waals surface area contributed by atoms with Crippen molar-refractivity contribution >= 4 is 29.4 Å². The average Bonchev–Trinajstić information content (AvgIpc) is 3.07. The topological polar surface area (TPSA) is 82.1 Å². The highest BCUT2D eigenvalue weighted by Gasteiger charge is 2.36. The molecule has 0 radical (unpaired) electrons. The van der Waals surface area contributed by atoms with Gasteiger partial charge in [-0.05, 0) is 35.9 Å². The summed E-state index contributed by atoms with van der Waals surface area (Å²) in [5.41, 5.74) is 1.80. The first-order valence-corrected chi connectivity index (χ1v) is 10.7. The van der Waals surface area contributed by atoms with Crippen LogP contribution in [0, 0.1) is 0 Å². The maximum Gasteiger partial charge on any atom is 0.338 e. The van der Waals surface area contributed by atoms with Gasteiger partial charge in [0.2, 0.25) is 0 Å². The molecule has 0 atom stereocenters. The first kappa shape index (κ1) is 22.5. The van der Waals surface area contributed by atoms with E-state index in [-0.39, 0.29) is 25.4 Å². The molecular weight excluding hydrogens is 446 g/mol. The molecule has 0 aliphatic carbocycles. The Morgan fingerprint density at radius 1 is 0.848 bits per heavy atom. The number of fused-ring (bicyclic) bond motifs is 1. The van der Waals surface area contributed by atoms with Gasteiger partial charge in [-0.15, -0.1) is 5.06 Å². The fourth-order valence-electron chi connectivity index (χ4n) is 3.26. The van der Waals surface area contributed by atoms with Gasteiger partial charge in [-0.1, -0.05) is 54.1 Å². The smallest absolute Gasteiger partial charge is 0.338 e. The van der Waals surface area contributed by atoms with Gasteiger partial charge in [0.25, 0.3) is 11.8 Å². The number of nitrogens with zero attached hydrogens (tertiary/aromatic N) is 1. The summed E-state index contributed by atoms with van der Waals surface area (Å²) in [4.78, 5) is 42.3. The van der Waals surface area contributed by atoms with Crippen molar-refractivity contribution in [2.75, 3.05) is 13.2 Å². The fourth-order valence-corrected chi connectivity index (χ4v) is 3.48. The lowest BCUT2D eigenvalue weighted by Crippen LogP contribution is -2.30. The summed E-state index contributed by atoms with van der Waals surface area (Å²) in [6, 6.07) is 20.5. The van der Waals surface area contributed by atoms with Crippen LogP contribution < -0.4 is 4.74 Å². The molecule has 2 amide bonds. The van der Waals surface area contributed by atoms with E-state index in [1.54, 1.807) is 36.4 Å². The molecule has 1 aliphatic heterocycles. The normalized spacial score (nSPS) is 12.6. The Morgan fingerprint density at radius 2 is 1.52 bits per heavy atom. The Balaban J connectivity index is 1.25. The zero-order valence-electron chi connectivity index (χ0n) is 17.5. The number of carbonyl (C=O) groups excluding carboxylic acids is 3. The van der Waals surface area contributed by atoms with Gasteiger partial charge in [0.05, 0.1) is 29.9 Å². The third kappa shape index (κ3) is 5.39. The van der Waals surface area contributed by atoms with Gasteiger partial charge < -0.3 is 9.47 Å². The summed E-state index contributed by atoms with van der Waals surface area (Å²) < 4.78 is 11.0. The van der Waals surface area contributed by atoms with Crippen LogP contribution in [0.5, 0.6) is 5.75 Å². The lowest BCUT2D eigenvalue weighted by molar-refractivity contribution is -0.0935. The van der Waals surface area contributed by atoms with Crippen molar-refractivity contribution < 1.29 is 28.7 Å². The lowest BCUT2D eigenvalue weighted by Gasteiger charge is -2.14. The van der Waals surface area contributed by atoms with Crippen LogP contribution >= 0.6 is 11.6 Å². The van der Waals surface area contributed by atoms with Gasteiger partial charge in [-0.25, -0.2) is 4.79 Å². The molecule has 4 rings (SSSR count). The molecule has 0 fully saturated rings. The maximum atomic E-state index is 12.4. The van der Waals surface area contributed by atoms with E-state index in [4.69, 9.17) is 25.9 Å². The fraction of sp³-hybridized carbons (Fsp3) is 0.160. The Hall–Kier alpha value is -3.68. The Labute approximate surface area is 195 Å². The number of carbonyl (C=O) groups is 3. The van der Waals surface area contributed by atoms with E-state index >= 15 is 0 Å². The minimum absolute atomic E-state index is 0.0952. The van der Waals surface area contributed by atoms with E-state index in [9.17, 15) is 14.4 Å². The predicted octanol–water partition coefficient (Wildman–Crippen LogP) is 4.69. The van der Waals surface area contributed by atoms with Crippen LogP contribution in [0.1, 0.15) is 43.1 Å². The molecule has 33 heavy (non-hydrogen) atoms. The SMILES string of the molecule is O=C(OCc1ccccc1)c1cc(Cl)cc(OCCCON2C(=O)c3ccccc3C2=O)c1. The summed E-state index contributed by atoms with van der Waals surface area (Å²) in [6.07, 6.45) is 0.397. The monoisotopic (exact) mass is 465 g/mol. The molecule has 0 saturated heterocycles. The molecular formula is C25H20ClNO6. The molecule has 0 spiro atoms. The number of esters is 1. The number of ether oxygens (including phenoxy) is 2. The number of hydroxylamine groups is 2. The van der Waals surface area contributed by atoms with E-state index in [2.05, 4.69) is 0 Å². The van der Waals surface area contributed by atoms with Crippen LogP contribution in [-0.2, 0) is 16.2 Å². The highest BCUT2D eigenvalue weighted by molar-refractivity contribution is 6.31. The standard InChI is InChI=1S/C25H20ClNO6/c26-19-13-18(25(30)32-16-17-7-2-1-3-8-17)14-20(15-19)31-11-6-12-33-27-23(28)21-9-4-5-10-22(21)24(27)29/h1-5,7-10,13-15H,6,11-12,16H2. The van der Waals surface area contributed by atoms with Gasteiger partial charge in [0, 0.05) is 11.4 Å². The van der Waals surface area contributed by atoms with Crippen LogP contribution in [0.4, 0.5) is 0 Å². The number of hydrogen-bond donors (Lipinski definition) is 0. The number of halogens is 1. The maximum absolute atomic E-state index is 12.4. The van der Waals surface area contributed by atoms with Crippen molar-refractivity contribution in [1.82, 2.24) is 5.06 Å². The Bertz CT molecular complexity index is 1150. The molecule has 1 aliphatic rings. The van der Waals surface area contributed by atoms with Crippen molar-refractivity contribution in [2.45, 2.75) is 13.0 Å². The first-order chi connectivity index (χ1) is 16.0. The second kappa shape index (κ2) is 10.3. The number of hydrogen-bond acceptors (Lipinski definition) is 6. The molecule has 8 heteroatoms. The number of rotatable bonds is 9.